The zero-order valence-electron chi connectivity index (χ0n) is 12.9. The van der Waals surface area contributed by atoms with Gasteiger partial charge in [0.1, 0.15) is 0 Å². The number of rotatable bonds is 7. The van der Waals surface area contributed by atoms with Gasteiger partial charge in [-0.3, -0.25) is 0 Å². The molecule has 0 aliphatic heterocycles. The van der Waals surface area contributed by atoms with Crippen LogP contribution in [0.5, 0.6) is 0 Å². The second-order valence-electron chi connectivity index (χ2n) is 5.39. The first kappa shape index (κ1) is 16.3. The molecule has 1 nitrogen and oxygen atoms in total. The SMILES string of the molecule is CCCCc1ccc(C(NCC)c2cccc(Br)c2)cc1. The Morgan fingerprint density at radius 1 is 1.00 bits per heavy atom. The summed E-state index contributed by atoms with van der Waals surface area (Å²) >= 11 is 3.57. The molecule has 2 aromatic rings. The summed E-state index contributed by atoms with van der Waals surface area (Å²) in [4.78, 5) is 0. The summed E-state index contributed by atoms with van der Waals surface area (Å²) in [5, 5.41) is 3.58. The quantitative estimate of drug-likeness (QED) is 0.699. The molecule has 112 valence electrons. The first-order valence-corrected chi connectivity index (χ1v) is 8.61. The summed E-state index contributed by atoms with van der Waals surface area (Å²) in [6, 6.07) is 17.9. The number of aryl methyl sites for hydroxylation is 1. The van der Waals surface area contributed by atoms with E-state index in [0.717, 1.165) is 11.0 Å². The lowest BCUT2D eigenvalue weighted by Gasteiger charge is -2.19. The van der Waals surface area contributed by atoms with E-state index in [1.165, 1.54) is 36.0 Å². The minimum absolute atomic E-state index is 0.257. The van der Waals surface area contributed by atoms with E-state index in [4.69, 9.17) is 0 Å². The molecular formula is C19H24BrN. The van der Waals surface area contributed by atoms with Crippen molar-refractivity contribution in [2.45, 2.75) is 39.2 Å². The molecule has 0 amide bonds. The Morgan fingerprint density at radius 3 is 2.38 bits per heavy atom. The van der Waals surface area contributed by atoms with E-state index in [0.29, 0.717) is 0 Å². The monoisotopic (exact) mass is 345 g/mol. The molecule has 0 aliphatic carbocycles. The van der Waals surface area contributed by atoms with Gasteiger partial charge < -0.3 is 5.32 Å². The van der Waals surface area contributed by atoms with Crippen LogP contribution in [0.15, 0.2) is 53.0 Å². The highest BCUT2D eigenvalue weighted by atomic mass is 79.9. The molecule has 0 saturated heterocycles. The number of hydrogen-bond donors (Lipinski definition) is 1. The fourth-order valence-electron chi connectivity index (χ4n) is 2.58. The number of benzene rings is 2. The highest BCUT2D eigenvalue weighted by Gasteiger charge is 2.13. The summed E-state index contributed by atoms with van der Waals surface area (Å²) in [6.45, 7) is 5.35. The summed E-state index contributed by atoms with van der Waals surface area (Å²) in [5.74, 6) is 0. The van der Waals surface area contributed by atoms with Gasteiger partial charge in [-0.2, -0.15) is 0 Å². The number of nitrogens with one attached hydrogen (secondary N) is 1. The normalized spacial score (nSPS) is 12.3. The molecule has 1 atom stereocenters. The van der Waals surface area contributed by atoms with Crippen LogP contribution in [0, 0.1) is 0 Å². The van der Waals surface area contributed by atoms with Crippen LogP contribution in [0.1, 0.15) is 49.4 Å². The molecule has 2 aromatic carbocycles. The Bertz CT molecular complexity index is 548. The molecule has 0 saturated carbocycles. The summed E-state index contributed by atoms with van der Waals surface area (Å²) in [7, 11) is 0. The van der Waals surface area contributed by atoms with E-state index in [9.17, 15) is 0 Å². The predicted molar refractivity (Wildman–Crippen MR) is 94.7 cm³/mol. The first-order valence-electron chi connectivity index (χ1n) is 7.82. The molecule has 0 bridgehead atoms. The molecule has 1 N–H and O–H groups in total. The summed E-state index contributed by atoms with van der Waals surface area (Å²) in [6.07, 6.45) is 3.70. The Balaban J connectivity index is 2.21. The van der Waals surface area contributed by atoms with Gasteiger partial charge in [-0.1, -0.05) is 72.6 Å². The van der Waals surface area contributed by atoms with Crippen molar-refractivity contribution in [3.8, 4) is 0 Å². The van der Waals surface area contributed by atoms with Gasteiger partial charge in [-0.25, -0.2) is 0 Å². The lowest BCUT2D eigenvalue weighted by molar-refractivity contribution is 0.630. The smallest absolute Gasteiger partial charge is 0.0577 e. The van der Waals surface area contributed by atoms with E-state index < -0.39 is 0 Å². The van der Waals surface area contributed by atoms with Gasteiger partial charge in [0.15, 0.2) is 0 Å². The van der Waals surface area contributed by atoms with Gasteiger partial charge in [-0.05, 0) is 48.2 Å². The Hall–Kier alpha value is -1.12. The minimum atomic E-state index is 0.257. The second kappa shape index (κ2) is 8.35. The standard InChI is InChI=1S/C19H24BrN/c1-3-5-7-15-10-12-16(13-11-15)19(21-4-2)17-8-6-9-18(20)14-17/h6,8-14,19,21H,3-5,7H2,1-2H3. The molecule has 2 heteroatoms. The molecule has 21 heavy (non-hydrogen) atoms. The molecule has 2 rings (SSSR count). The van der Waals surface area contributed by atoms with Crippen LogP contribution < -0.4 is 5.32 Å². The molecule has 0 aliphatic rings. The number of unbranched alkanes of at least 4 members (excludes halogenated alkanes) is 1. The van der Waals surface area contributed by atoms with Crippen LogP contribution in [-0.4, -0.2) is 6.54 Å². The average molecular weight is 346 g/mol. The number of halogens is 1. The van der Waals surface area contributed by atoms with E-state index in [1.807, 2.05) is 0 Å². The van der Waals surface area contributed by atoms with Crippen molar-refractivity contribution in [2.75, 3.05) is 6.54 Å². The Morgan fingerprint density at radius 2 is 1.76 bits per heavy atom. The van der Waals surface area contributed by atoms with Gasteiger partial charge in [0, 0.05) is 4.47 Å². The minimum Gasteiger partial charge on any atom is -0.307 e. The second-order valence-corrected chi connectivity index (χ2v) is 6.31. The summed E-state index contributed by atoms with van der Waals surface area (Å²) < 4.78 is 1.13. The third kappa shape index (κ3) is 4.69. The molecule has 0 heterocycles. The third-order valence-corrected chi connectivity index (χ3v) is 4.22. The van der Waals surface area contributed by atoms with E-state index in [2.05, 4.69) is 83.6 Å². The lowest BCUT2D eigenvalue weighted by Crippen LogP contribution is -2.21. The van der Waals surface area contributed by atoms with Gasteiger partial charge in [0.25, 0.3) is 0 Å². The molecule has 1 unspecified atom stereocenters. The van der Waals surface area contributed by atoms with E-state index in [-0.39, 0.29) is 6.04 Å². The van der Waals surface area contributed by atoms with Gasteiger partial charge in [0.2, 0.25) is 0 Å². The highest BCUT2D eigenvalue weighted by Crippen LogP contribution is 2.25. The van der Waals surface area contributed by atoms with Crippen LogP contribution in [0.4, 0.5) is 0 Å². The molecular weight excluding hydrogens is 322 g/mol. The Kier molecular flexibility index (Phi) is 6.47. The van der Waals surface area contributed by atoms with Crippen LogP contribution >= 0.6 is 15.9 Å². The molecule has 0 aromatic heterocycles. The van der Waals surface area contributed by atoms with Crippen molar-refractivity contribution < 1.29 is 0 Å². The molecule has 0 fully saturated rings. The van der Waals surface area contributed by atoms with Crippen molar-refractivity contribution in [1.82, 2.24) is 5.32 Å². The van der Waals surface area contributed by atoms with Crippen LogP contribution in [-0.2, 0) is 6.42 Å². The van der Waals surface area contributed by atoms with E-state index >= 15 is 0 Å². The van der Waals surface area contributed by atoms with Crippen molar-refractivity contribution in [3.63, 3.8) is 0 Å². The number of hydrogen-bond acceptors (Lipinski definition) is 1. The topological polar surface area (TPSA) is 12.0 Å². The fourth-order valence-corrected chi connectivity index (χ4v) is 2.99. The maximum Gasteiger partial charge on any atom is 0.0577 e. The molecule has 0 spiro atoms. The van der Waals surface area contributed by atoms with Crippen molar-refractivity contribution in [2.24, 2.45) is 0 Å². The summed E-state index contributed by atoms with van der Waals surface area (Å²) in [5.41, 5.74) is 4.06. The largest absolute Gasteiger partial charge is 0.307 e. The van der Waals surface area contributed by atoms with Gasteiger partial charge >= 0.3 is 0 Å². The third-order valence-electron chi connectivity index (χ3n) is 3.72. The molecule has 0 radical (unpaired) electrons. The average Bonchev–Trinajstić information content (AvgIpc) is 2.51. The predicted octanol–water partition coefficient (Wildman–Crippen LogP) is 5.49. The zero-order valence-corrected chi connectivity index (χ0v) is 14.5. The first-order chi connectivity index (χ1) is 10.2. The Labute approximate surface area is 136 Å². The van der Waals surface area contributed by atoms with Crippen molar-refractivity contribution >= 4 is 15.9 Å². The maximum absolute atomic E-state index is 3.58. The van der Waals surface area contributed by atoms with Crippen LogP contribution in [0.2, 0.25) is 0 Å². The lowest BCUT2D eigenvalue weighted by atomic mass is 9.97. The van der Waals surface area contributed by atoms with Gasteiger partial charge in [0.05, 0.1) is 6.04 Å². The van der Waals surface area contributed by atoms with Crippen molar-refractivity contribution in [1.29, 1.82) is 0 Å². The van der Waals surface area contributed by atoms with Crippen molar-refractivity contribution in [3.05, 3.63) is 69.7 Å². The zero-order chi connectivity index (χ0) is 15.1. The fraction of sp³-hybridized carbons (Fsp3) is 0.368. The van der Waals surface area contributed by atoms with E-state index in [1.54, 1.807) is 0 Å². The van der Waals surface area contributed by atoms with Crippen LogP contribution in [0.25, 0.3) is 0 Å². The maximum atomic E-state index is 3.58. The van der Waals surface area contributed by atoms with Gasteiger partial charge in [-0.15, -0.1) is 0 Å². The van der Waals surface area contributed by atoms with Crippen LogP contribution in [0.3, 0.4) is 0 Å². The highest BCUT2D eigenvalue weighted by molar-refractivity contribution is 9.10.